The number of hydrogen-bond acceptors (Lipinski definition) is 4. The molecule has 0 aromatic carbocycles. The third-order valence-electron chi connectivity index (χ3n) is 4.50. The zero-order valence-electron chi connectivity index (χ0n) is 11.8. The number of hydrogen-bond donors (Lipinski definition) is 1. The molecule has 1 saturated heterocycles. The lowest BCUT2D eigenvalue weighted by Gasteiger charge is -2.43. The Morgan fingerprint density at radius 2 is 2.26 bits per heavy atom. The summed E-state index contributed by atoms with van der Waals surface area (Å²) in [7, 11) is 1.92. The standard InChI is InChI=1S/C14H24N4O/c1-15-10-13-16-11-18(17-13)12-5-8-19-14(9-12)6-3-2-4-7-14/h11-12,15H,2-10H2,1H3. The molecule has 1 N–H and O–H groups in total. The number of nitrogens with one attached hydrogen (secondary N) is 1. The highest BCUT2D eigenvalue weighted by Crippen LogP contribution is 2.41. The van der Waals surface area contributed by atoms with Gasteiger partial charge < -0.3 is 10.1 Å². The van der Waals surface area contributed by atoms with Crippen LogP contribution in [-0.4, -0.2) is 34.0 Å². The molecule has 19 heavy (non-hydrogen) atoms. The molecule has 0 bridgehead atoms. The summed E-state index contributed by atoms with van der Waals surface area (Å²) in [6.45, 7) is 1.60. The average molecular weight is 264 g/mol. The first-order valence-electron chi connectivity index (χ1n) is 7.50. The van der Waals surface area contributed by atoms with Crippen LogP contribution >= 0.6 is 0 Å². The second-order valence-electron chi connectivity index (χ2n) is 5.91. The van der Waals surface area contributed by atoms with E-state index in [4.69, 9.17) is 4.74 Å². The minimum atomic E-state index is 0.135. The minimum absolute atomic E-state index is 0.135. The topological polar surface area (TPSA) is 52.0 Å². The van der Waals surface area contributed by atoms with E-state index in [0.717, 1.165) is 31.8 Å². The van der Waals surface area contributed by atoms with Gasteiger partial charge in [0.15, 0.2) is 5.82 Å². The summed E-state index contributed by atoms with van der Waals surface area (Å²) in [5.41, 5.74) is 0.135. The summed E-state index contributed by atoms with van der Waals surface area (Å²) < 4.78 is 8.20. The molecular weight excluding hydrogens is 240 g/mol. The fourth-order valence-electron chi connectivity index (χ4n) is 3.50. The van der Waals surface area contributed by atoms with Gasteiger partial charge in [-0.1, -0.05) is 19.3 Å². The first-order valence-corrected chi connectivity index (χ1v) is 7.50. The van der Waals surface area contributed by atoms with E-state index in [1.807, 2.05) is 13.4 Å². The van der Waals surface area contributed by atoms with Crippen molar-refractivity contribution in [2.24, 2.45) is 0 Å². The Kier molecular flexibility index (Phi) is 3.84. The molecule has 1 spiro atoms. The summed E-state index contributed by atoms with van der Waals surface area (Å²) in [6, 6.07) is 0.463. The normalized spacial score (nSPS) is 26.7. The fraction of sp³-hybridized carbons (Fsp3) is 0.857. The molecule has 2 fully saturated rings. The van der Waals surface area contributed by atoms with Crippen LogP contribution in [0.1, 0.15) is 56.8 Å². The number of aromatic nitrogens is 3. The Hall–Kier alpha value is -0.940. The zero-order chi connectivity index (χ0) is 13.1. The third kappa shape index (κ3) is 2.82. The summed E-state index contributed by atoms with van der Waals surface area (Å²) in [6.07, 6.45) is 10.5. The third-order valence-corrected chi connectivity index (χ3v) is 4.50. The quantitative estimate of drug-likeness (QED) is 0.908. The minimum Gasteiger partial charge on any atom is -0.375 e. The van der Waals surface area contributed by atoms with Crippen LogP contribution in [0.15, 0.2) is 6.33 Å². The lowest BCUT2D eigenvalue weighted by atomic mass is 9.78. The number of rotatable bonds is 3. The Morgan fingerprint density at radius 3 is 3.05 bits per heavy atom. The van der Waals surface area contributed by atoms with Gasteiger partial charge in [-0.05, 0) is 32.7 Å². The maximum Gasteiger partial charge on any atom is 0.164 e. The predicted octanol–water partition coefficient (Wildman–Crippen LogP) is 2.05. The molecular formula is C14H24N4O. The molecule has 5 nitrogen and oxygen atoms in total. The van der Waals surface area contributed by atoms with E-state index in [0.29, 0.717) is 6.04 Å². The lowest BCUT2D eigenvalue weighted by Crippen LogP contribution is -2.42. The Balaban J connectivity index is 1.69. The summed E-state index contributed by atoms with van der Waals surface area (Å²) in [5, 5.41) is 7.68. The fourth-order valence-corrected chi connectivity index (χ4v) is 3.50. The first-order chi connectivity index (χ1) is 9.31. The van der Waals surface area contributed by atoms with Crippen LogP contribution in [0.2, 0.25) is 0 Å². The SMILES string of the molecule is CNCc1ncn(C2CCOC3(CCCCC3)C2)n1. The number of nitrogens with zero attached hydrogens (tertiary/aromatic N) is 3. The van der Waals surface area contributed by atoms with Crippen molar-refractivity contribution >= 4 is 0 Å². The van der Waals surface area contributed by atoms with E-state index in [1.165, 1.54) is 32.1 Å². The molecule has 2 heterocycles. The molecule has 1 atom stereocenters. The maximum absolute atomic E-state index is 6.14. The van der Waals surface area contributed by atoms with E-state index in [9.17, 15) is 0 Å². The van der Waals surface area contributed by atoms with Crippen molar-refractivity contribution in [2.45, 2.75) is 63.1 Å². The monoisotopic (exact) mass is 264 g/mol. The van der Waals surface area contributed by atoms with Gasteiger partial charge in [-0.3, -0.25) is 0 Å². The van der Waals surface area contributed by atoms with Gasteiger partial charge in [-0.15, -0.1) is 0 Å². The van der Waals surface area contributed by atoms with Crippen LogP contribution in [0.3, 0.4) is 0 Å². The Morgan fingerprint density at radius 1 is 1.42 bits per heavy atom. The second-order valence-corrected chi connectivity index (χ2v) is 5.91. The van der Waals surface area contributed by atoms with Crippen molar-refractivity contribution in [3.63, 3.8) is 0 Å². The van der Waals surface area contributed by atoms with E-state index in [-0.39, 0.29) is 5.60 Å². The molecule has 0 amide bonds. The van der Waals surface area contributed by atoms with Crippen LogP contribution in [0.5, 0.6) is 0 Å². The molecule has 5 heteroatoms. The van der Waals surface area contributed by atoms with Gasteiger partial charge in [0.25, 0.3) is 0 Å². The summed E-state index contributed by atoms with van der Waals surface area (Å²) >= 11 is 0. The molecule has 1 aromatic heterocycles. The second kappa shape index (κ2) is 5.59. The van der Waals surface area contributed by atoms with Gasteiger partial charge in [0.1, 0.15) is 6.33 Å². The average Bonchev–Trinajstić information content (AvgIpc) is 2.89. The highest BCUT2D eigenvalue weighted by atomic mass is 16.5. The molecule has 1 aliphatic heterocycles. The summed E-state index contributed by atoms with van der Waals surface area (Å²) in [4.78, 5) is 4.36. The van der Waals surface area contributed by atoms with E-state index >= 15 is 0 Å². The van der Waals surface area contributed by atoms with E-state index < -0.39 is 0 Å². The summed E-state index contributed by atoms with van der Waals surface area (Å²) in [5.74, 6) is 0.881. The van der Waals surface area contributed by atoms with Crippen LogP contribution in [0.4, 0.5) is 0 Å². The molecule has 2 aliphatic rings. The molecule has 0 radical (unpaired) electrons. The first kappa shape index (κ1) is 13.1. The van der Waals surface area contributed by atoms with Crippen molar-refractivity contribution in [1.82, 2.24) is 20.1 Å². The van der Waals surface area contributed by atoms with E-state index in [1.54, 1.807) is 0 Å². The van der Waals surface area contributed by atoms with Crippen LogP contribution < -0.4 is 5.32 Å². The van der Waals surface area contributed by atoms with Gasteiger partial charge in [0.05, 0.1) is 18.2 Å². The predicted molar refractivity (Wildman–Crippen MR) is 72.8 cm³/mol. The Bertz CT molecular complexity index is 406. The van der Waals surface area contributed by atoms with Crippen molar-refractivity contribution in [3.05, 3.63) is 12.2 Å². The van der Waals surface area contributed by atoms with Gasteiger partial charge in [-0.2, -0.15) is 5.10 Å². The molecule has 106 valence electrons. The molecule has 1 aliphatic carbocycles. The van der Waals surface area contributed by atoms with Crippen LogP contribution in [-0.2, 0) is 11.3 Å². The van der Waals surface area contributed by atoms with Crippen molar-refractivity contribution in [1.29, 1.82) is 0 Å². The molecule has 1 unspecified atom stereocenters. The van der Waals surface area contributed by atoms with Crippen LogP contribution in [0.25, 0.3) is 0 Å². The van der Waals surface area contributed by atoms with Gasteiger partial charge in [0.2, 0.25) is 0 Å². The van der Waals surface area contributed by atoms with Gasteiger partial charge in [-0.25, -0.2) is 9.67 Å². The number of ether oxygens (including phenoxy) is 1. The lowest BCUT2D eigenvalue weighted by molar-refractivity contribution is -0.115. The Labute approximate surface area is 114 Å². The van der Waals surface area contributed by atoms with Crippen molar-refractivity contribution < 1.29 is 4.74 Å². The van der Waals surface area contributed by atoms with Crippen molar-refractivity contribution in [2.75, 3.05) is 13.7 Å². The largest absolute Gasteiger partial charge is 0.375 e. The molecule has 3 rings (SSSR count). The zero-order valence-corrected chi connectivity index (χ0v) is 11.8. The maximum atomic E-state index is 6.14. The highest BCUT2D eigenvalue weighted by Gasteiger charge is 2.39. The highest BCUT2D eigenvalue weighted by molar-refractivity contribution is 4.92. The smallest absolute Gasteiger partial charge is 0.164 e. The molecule has 1 saturated carbocycles. The molecule has 1 aromatic rings. The van der Waals surface area contributed by atoms with Gasteiger partial charge >= 0.3 is 0 Å². The van der Waals surface area contributed by atoms with Crippen molar-refractivity contribution in [3.8, 4) is 0 Å². The van der Waals surface area contributed by atoms with Gasteiger partial charge in [0, 0.05) is 6.61 Å². The van der Waals surface area contributed by atoms with Crippen LogP contribution in [0, 0.1) is 0 Å². The van der Waals surface area contributed by atoms with E-state index in [2.05, 4.69) is 20.1 Å².